The summed E-state index contributed by atoms with van der Waals surface area (Å²) in [5, 5.41) is 17.0. The first kappa shape index (κ1) is 18.3. The van der Waals surface area contributed by atoms with E-state index in [-0.39, 0.29) is 17.5 Å². The molecular formula is C19H16ClN5O2. The van der Waals surface area contributed by atoms with Crippen LogP contribution >= 0.6 is 11.6 Å². The van der Waals surface area contributed by atoms with E-state index in [0.717, 1.165) is 5.69 Å². The van der Waals surface area contributed by atoms with Gasteiger partial charge in [-0.05, 0) is 60.7 Å². The van der Waals surface area contributed by atoms with E-state index in [1.165, 1.54) is 6.92 Å². The van der Waals surface area contributed by atoms with E-state index < -0.39 is 0 Å². The van der Waals surface area contributed by atoms with Crippen LogP contribution in [-0.4, -0.2) is 22.0 Å². The van der Waals surface area contributed by atoms with Crippen molar-refractivity contribution in [2.45, 2.75) is 6.92 Å². The predicted molar refractivity (Wildman–Crippen MR) is 105 cm³/mol. The van der Waals surface area contributed by atoms with Crippen LogP contribution in [0.4, 0.5) is 22.9 Å². The van der Waals surface area contributed by atoms with Crippen molar-refractivity contribution in [2.75, 3.05) is 16.0 Å². The molecular weight excluding hydrogens is 366 g/mol. The first-order valence-electron chi connectivity index (χ1n) is 8.05. The monoisotopic (exact) mass is 381 g/mol. The summed E-state index contributed by atoms with van der Waals surface area (Å²) in [4.78, 5) is 23.3. The van der Waals surface area contributed by atoms with Crippen LogP contribution in [0.25, 0.3) is 0 Å². The number of benzene rings is 2. The van der Waals surface area contributed by atoms with Crippen LogP contribution in [0.1, 0.15) is 17.4 Å². The normalized spacial score (nSPS) is 10.1. The van der Waals surface area contributed by atoms with E-state index in [1.807, 2.05) is 12.1 Å². The van der Waals surface area contributed by atoms with Crippen LogP contribution in [0.3, 0.4) is 0 Å². The summed E-state index contributed by atoms with van der Waals surface area (Å²) < 4.78 is 0. The molecule has 0 aliphatic heterocycles. The topological polar surface area (TPSA) is 96.0 Å². The van der Waals surface area contributed by atoms with Gasteiger partial charge in [0.05, 0.1) is 0 Å². The maximum Gasteiger partial charge on any atom is 0.276 e. The third kappa shape index (κ3) is 5.26. The van der Waals surface area contributed by atoms with Crippen LogP contribution in [0, 0.1) is 0 Å². The van der Waals surface area contributed by atoms with Gasteiger partial charge in [0, 0.05) is 29.0 Å². The van der Waals surface area contributed by atoms with Gasteiger partial charge < -0.3 is 16.0 Å². The average Bonchev–Trinajstić information content (AvgIpc) is 2.65. The highest BCUT2D eigenvalue weighted by Crippen LogP contribution is 2.18. The zero-order valence-corrected chi connectivity index (χ0v) is 15.1. The van der Waals surface area contributed by atoms with Gasteiger partial charge in [-0.25, -0.2) is 0 Å². The van der Waals surface area contributed by atoms with Crippen LogP contribution in [0.2, 0.25) is 5.02 Å². The average molecular weight is 382 g/mol. The molecule has 0 saturated heterocycles. The van der Waals surface area contributed by atoms with E-state index >= 15 is 0 Å². The summed E-state index contributed by atoms with van der Waals surface area (Å²) in [6, 6.07) is 17.2. The predicted octanol–water partition coefficient (Wildman–Crippen LogP) is 4.08. The molecule has 1 heterocycles. The van der Waals surface area contributed by atoms with E-state index in [2.05, 4.69) is 26.1 Å². The van der Waals surface area contributed by atoms with Crippen molar-refractivity contribution in [2.24, 2.45) is 0 Å². The highest BCUT2D eigenvalue weighted by atomic mass is 35.5. The van der Waals surface area contributed by atoms with E-state index in [9.17, 15) is 9.59 Å². The van der Waals surface area contributed by atoms with Gasteiger partial charge in [-0.15, -0.1) is 10.2 Å². The number of anilines is 4. The number of hydrogen-bond donors (Lipinski definition) is 3. The molecule has 136 valence electrons. The second kappa shape index (κ2) is 8.29. The summed E-state index contributed by atoms with van der Waals surface area (Å²) in [7, 11) is 0. The Bertz CT molecular complexity index is 941. The molecule has 0 radical (unpaired) electrons. The number of nitrogens with one attached hydrogen (secondary N) is 3. The van der Waals surface area contributed by atoms with Gasteiger partial charge in [0.1, 0.15) is 0 Å². The molecule has 0 fully saturated rings. The highest BCUT2D eigenvalue weighted by Gasteiger charge is 2.09. The van der Waals surface area contributed by atoms with Crippen LogP contribution in [-0.2, 0) is 4.79 Å². The Hall–Kier alpha value is -3.45. The summed E-state index contributed by atoms with van der Waals surface area (Å²) in [5.41, 5.74) is 2.23. The third-order valence-electron chi connectivity index (χ3n) is 3.48. The van der Waals surface area contributed by atoms with E-state index in [0.29, 0.717) is 22.2 Å². The van der Waals surface area contributed by atoms with Gasteiger partial charge in [-0.2, -0.15) is 0 Å². The van der Waals surface area contributed by atoms with Gasteiger partial charge in [0.2, 0.25) is 5.91 Å². The van der Waals surface area contributed by atoms with E-state index in [1.54, 1.807) is 48.5 Å². The molecule has 0 atom stereocenters. The number of aromatic nitrogens is 2. The zero-order chi connectivity index (χ0) is 19.2. The molecule has 7 nitrogen and oxygen atoms in total. The zero-order valence-electron chi connectivity index (χ0n) is 14.4. The standard InChI is InChI=1S/C19H16ClN5O2/c1-12(26)21-14-6-8-16(9-7-14)23-19(27)17-10-11-18(25-24-17)22-15-4-2-13(20)3-5-15/h2-11H,1H3,(H,21,26)(H,22,25)(H,23,27). The first-order valence-corrected chi connectivity index (χ1v) is 8.43. The minimum absolute atomic E-state index is 0.158. The molecule has 0 aliphatic rings. The Morgan fingerprint density at radius 2 is 1.37 bits per heavy atom. The SMILES string of the molecule is CC(=O)Nc1ccc(NC(=O)c2ccc(Nc3ccc(Cl)cc3)nn2)cc1. The molecule has 2 amide bonds. The van der Waals surface area contributed by atoms with Gasteiger partial charge >= 0.3 is 0 Å². The van der Waals surface area contributed by atoms with Crippen molar-refractivity contribution >= 4 is 46.3 Å². The molecule has 3 N–H and O–H groups in total. The Labute approximate surface area is 160 Å². The van der Waals surface area contributed by atoms with Gasteiger partial charge in [0.15, 0.2) is 11.5 Å². The number of halogens is 1. The molecule has 0 bridgehead atoms. The second-order valence-corrected chi connectivity index (χ2v) is 6.08. The first-order chi connectivity index (χ1) is 13.0. The maximum atomic E-state index is 12.3. The van der Waals surface area contributed by atoms with Crippen molar-refractivity contribution < 1.29 is 9.59 Å². The van der Waals surface area contributed by atoms with Gasteiger partial charge in [0.25, 0.3) is 5.91 Å². The summed E-state index contributed by atoms with van der Waals surface area (Å²) in [5.74, 6) is -0.0317. The minimum atomic E-state index is -0.382. The third-order valence-corrected chi connectivity index (χ3v) is 3.73. The molecule has 0 aliphatic carbocycles. The Kier molecular flexibility index (Phi) is 5.63. The minimum Gasteiger partial charge on any atom is -0.339 e. The maximum absolute atomic E-state index is 12.3. The summed E-state index contributed by atoms with van der Waals surface area (Å²) >= 11 is 5.85. The Morgan fingerprint density at radius 3 is 1.93 bits per heavy atom. The Morgan fingerprint density at radius 1 is 0.778 bits per heavy atom. The van der Waals surface area contributed by atoms with Gasteiger partial charge in [-0.3, -0.25) is 9.59 Å². The lowest BCUT2D eigenvalue weighted by molar-refractivity contribution is -0.114. The molecule has 1 aromatic heterocycles. The van der Waals surface area contributed by atoms with Crippen LogP contribution in [0.15, 0.2) is 60.7 Å². The number of carbonyl (C=O) groups is 2. The van der Waals surface area contributed by atoms with Gasteiger partial charge in [-0.1, -0.05) is 11.6 Å². The molecule has 0 unspecified atom stereocenters. The smallest absolute Gasteiger partial charge is 0.276 e. The molecule has 0 spiro atoms. The number of rotatable bonds is 5. The van der Waals surface area contributed by atoms with Crippen molar-refractivity contribution in [3.8, 4) is 0 Å². The molecule has 2 aromatic carbocycles. The van der Waals surface area contributed by atoms with Crippen molar-refractivity contribution in [1.82, 2.24) is 10.2 Å². The number of nitrogens with zero attached hydrogens (tertiary/aromatic N) is 2. The van der Waals surface area contributed by atoms with Crippen LogP contribution < -0.4 is 16.0 Å². The van der Waals surface area contributed by atoms with Crippen molar-refractivity contribution in [1.29, 1.82) is 0 Å². The molecule has 3 aromatic rings. The second-order valence-electron chi connectivity index (χ2n) is 5.65. The lowest BCUT2D eigenvalue weighted by Crippen LogP contribution is -2.14. The molecule has 0 saturated carbocycles. The summed E-state index contributed by atoms with van der Waals surface area (Å²) in [6.07, 6.45) is 0. The fraction of sp³-hybridized carbons (Fsp3) is 0.0526. The van der Waals surface area contributed by atoms with Crippen LogP contribution in [0.5, 0.6) is 0 Å². The van der Waals surface area contributed by atoms with E-state index in [4.69, 9.17) is 11.6 Å². The van der Waals surface area contributed by atoms with Crippen molar-refractivity contribution in [3.05, 3.63) is 71.4 Å². The number of amides is 2. The van der Waals surface area contributed by atoms with Crippen molar-refractivity contribution in [3.63, 3.8) is 0 Å². The largest absolute Gasteiger partial charge is 0.339 e. The highest BCUT2D eigenvalue weighted by molar-refractivity contribution is 6.30. The molecule has 3 rings (SSSR count). The number of carbonyl (C=O) groups excluding carboxylic acids is 2. The summed E-state index contributed by atoms with van der Waals surface area (Å²) in [6.45, 7) is 1.43. The fourth-order valence-corrected chi connectivity index (χ4v) is 2.36. The number of hydrogen-bond acceptors (Lipinski definition) is 5. The lowest BCUT2D eigenvalue weighted by atomic mass is 10.2. The fourth-order valence-electron chi connectivity index (χ4n) is 2.24. The Balaban J connectivity index is 1.61. The molecule has 8 heteroatoms. The quantitative estimate of drug-likeness (QED) is 0.618. The lowest BCUT2D eigenvalue weighted by Gasteiger charge is -2.07. The molecule has 27 heavy (non-hydrogen) atoms.